The molecule has 1 N–H and O–H groups in total. The van der Waals surface area contributed by atoms with Crippen molar-refractivity contribution in [1.29, 1.82) is 0 Å². The van der Waals surface area contributed by atoms with Crippen LogP contribution in [0.15, 0.2) is 0 Å². The minimum absolute atomic E-state index is 0. The molecule has 1 atom stereocenters. The first-order valence-corrected chi connectivity index (χ1v) is 4.61. The van der Waals surface area contributed by atoms with Crippen molar-refractivity contribution in [1.82, 2.24) is 0 Å². The number of alkyl halides is 12. The Balaban J connectivity index is 0. The van der Waals surface area contributed by atoms with E-state index in [4.69, 9.17) is 5.11 Å². The molecule has 0 aliphatic heterocycles. The molecule has 17 heteroatoms. The molecule has 0 saturated carbocycles. The van der Waals surface area contributed by atoms with Crippen LogP contribution in [0.25, 0.3) is 0 Å². The Bertz CT molecular complexity index is 449. The second-order valence-corrected chi connectivity index (χ2v) is 3.52. The van der Waals surface area contributed by atoms with E-state index in [1.54, 1.807) is 0 Å². The van der Waals surface area contributed by atoms with Gasteiger partial charge >= 0.3 is 66.0 Å². The maximum absolute atomic E-state index is 12.7. The molecule has 0 aliphatic rings. The number of hydrogen-bond donors (Lipinski definition) is 1. The summed E-state index contributed by atoms with van der Waals surface area (Å²) in [6, 6.07) is 0. The molecule has 0 saturated heterocycles. The number of carbonyl (C=O) groups is 1. The molecule has 0 aliphatic carbocycles. The Kier molecular flexibility index (Phi) is 7.98. The fourth-order valence-corrected chi connectivity index (χ4v) is 0.754. The molecule has 0 fully saturated rings. The van der Waals surface area contributed by atoms with E-state index in [0.29, 0.717) is 0 Å². The topological polar surface area (TPSA) is 55.8 Å². The summed E-state index contributed by atoms with van der Waals surface area (Å²) in [5.41, 5.74) is 0. The third-order valence-corrected chi connectivity index (χ3v) is 1.80. The summed E-state index contributed by atoms with van der Waals surface area (Å²) in [6.07, 6.45) is -25.8. The first-order chi connectivity index (χ1) is 9.78. The monoisotopic (exact) mass is 402 g/mol. The number of aliphatic carboxylic acids is 1. The molecule has 0 aromatic heterocycles. The van der Waals surface area contributed by atoms with Gasteiger partial charge in [-0.1, -0.05) is 0 Å². The predicted molar refractivity (Wildman–Crippen MR) is 47.7 cm³/mol. The van der Waals surface area contributed by atoms with Crippen LogP contribution in [-0.4, -0.2) is 77.4 Å². The quantitative estimate of drug-likeness (QED) is 0.526. The maximum atomic E-state index is 12.7. The van der Waals surface area contributed by atoms with Crippen molar-refractivity contribution < 1.29 is 72.1 Å². The van der Waals surface area contributed by atoms with Crippen molar-refractivity contribution in [3.63, 3.8) is 0 Å². The molecule has 0 radical (unpaired) electrons. The molecule has 0 heterocycles. The van der Waals surface area contributed by atoms with Gasteiger partial charge in [-0.15, -0.1) is 13.2 Å². The molecular formula is C7H3F12NaO4. The average molecular weight is 402 g/mol. The van der Waals surface area contributed by atoms with Crippen LogP contribution >= 0.6 is 0 Å². The molecule has 0 aromatic carbocycles. The molecule has 140 valence electrons. The van der Waals surface area contributed by atoms with Gasteiger partial charge in [-0.25, -0.2) is 13.9 Å². The van der Waals surface area contributed by atoms with Crippen molar-refractivity contribution in [3.05, 3.63) is 0 Å². The zero-order valence-corrected chi connectivity index (χ0v) is 9.78. The second-order valence-electron chi connectivity index (χ2n) is 3.52. The van der Waals surface area contributed by atoms with Crippen molar-refractivity contribution in [2.75, 3.05) is 0 Å². The van der Waals surface area contributed by atoms with E-state index in [0.717, 1.165) is 0 Å². The Hall–Kier alpha value is -0.450. The summed E-state index contributed by atoms with van der Waals surface area (Å²) >= 11 is 0. The van der Waals surface area contributed by atoms with Crippen LogP contribution in [0.3, 0.4) is 0 Å². The first-order valence-electron chi connectivity index (χ1n) is 4.61. The predicted octanol–water partition coefficient (Wildman–Crippen LogP) is 2.73. The molecular weight excluding hydrogens is 399 g/mol. The molecule has 0 spiro atoms. The number of halogens is 12. The normalized spacial score (nSPS) is 15.7. The third-order valence-electron chi connectivity index (χ3n) is 1.80. The van der Waals surface area contributed by atoms with Crippen LogP contribution in [0, 0.1) is 0 Å². The Morgan fingerprint density at radius 1 is 0.833 bits per heavy atom. The minimum atomic E-state index is -7.31. The van der Waals surface area contributed by atoms with Crippen molar-refractivity contribution >= 4 is 35.5 Å². The van der Waals surface area contributed by atoms with Crippen molar-refractivity contribution in [3.8, 4) is 0 Å². The first kappa shape index (κ1) is 25.8. The molecule has 0 amide bonds. The van der Waals surface area contributed by atoms with Gasteiger partial charge in [0.15, 0.2) is 0 Å². The Labute approximate surface area is 145 Å². The number of carboxylic acids is 1. The molecule has 4 nitrogen and oxygen atoms in total. The van der Waals surface area contributed by atoms with Gasteiger partial charge in [0.05, 0.1) is 0 Å². The zero-order chi connectivity index (χ0) is 19.1. The van der Waals surface area contributed by atoms with Gasteiger partial charge in [0, 0.05) is 0 Å². The number of hydrogen-bond acceptors (Lipinski definition) is 3. The Morgan fingerprint density at radius 3 is 1.50 bits per heavy atom. The van der Waals surface area contributed by atoms with Crippen LogP contribution in [0.4, 0.5) is 52.7 Å². The fourth-order valence-electron chi connectivity index (χ4n) is 0.754. The summed E-state index contributed by atoms with van der Waals surface area (Å²) in [7, 11) is 0. The van der Waals surface area contributed by atoms with E-state index in [1.165, 1.54) is 4.74 Å². The van der Waals surface area contributed by atoms with Gasteiger partial charge in [0.2, 0.25) is 0 Å². The summed E-state index contributed by atoms with van der Waals surface area (Å²) in [6.45, 7) is 0. The molecule has 0 aromatic rings. The van der Waals surface area contributed by atoms with Gasteiger partial charge in [0.25, 0.3) is 6.36 Å². The van der Waals surface area contributed by atoms with E-state index in [9.17, 15) is 57.5 Å². The van der Waals surface area contributed by atoms with Gasteiger partial charge in [0.1, 0.15) is 0 Å². The fraction of sp³-hybridized carbons (Fsp3) is 0.857. The van der Waals surface area contributed by atoms with E-state index < -0.39 is 42.8 Å². The number of ether oxygens (including phenoxy) is 2. The van der Waals surface area contributed by atoms with Gasteiger partial charge < -0.3 is 5.11 Å². The van der Waals surface area contributed by atoms with Gasteiger partial charge in [-0.05, 0) is 0 Å². The summed E-state index contributed by atoms with van der Waals surface area (Å²) < 4.78 is 150. The summed E-state index contributed by atoms with van der Waals surface area (Å²) in [4.78, 5) is 9.76. The second kappa shape index (κ2) is 7.43. The molecule has 0 rings (SSSR count). The van der Waals surface area contributed by atoms with E-state index in [1.807, 2.05) is 4.74 Å². The number of carboxylic acid groups (broad SMARTS) is 1. The van der Waals surface area contributed by atoms with Crippen LogP contribution < -0.4 is 0 Å². The van der Waals surface area contributed by atoms with Gasteiger partial charge in [-0.3, -0.25) is 4.74 Å². The summed E-state index contributed by atoms with van der Waals surface area (Å²) in [5.74, 6) is -16.7. The van der Waals surface area contributed by atoms with E-state index in [-0.39, 0.29) is 29.6 Å². The molecule has 24 heavy (non-hydrogen) atoms. The molecule has 0 bridgehead atoms. The van der Waals surface area contributed by atoms with Crippen LogP contribution in [0.2, 0.25) is 0 Å². The van der Waals surface area contributed by atoms with Gasteiger partial charge in [-0.2, -0.15) is 35.1 Å². The average Bonchev–Trinajstić information content (AvgIpc) is 2.23. The van der Waals surface area contributed by atoms with Crippen LogP contribution in [-0.2, 0) is 14.3 Å². The zero-order valence-electron chi connectivity index (χ0n) is 9.78. The van der Waals surface area contributed by atoms with E-state index in [2.05, 4.69) is 0 Å². The summed E-state index contributed by atoms with van der Waals surface area (Å²) in [5, 5.41) is 7.70. The SMILES string of the molecule is O=C(O)C(F)(F)C(F)OC(F)(F)C(F)(F)C(F)(F)OC(F)(F)F.[NaH]. The Morgan fingerprint density at radius 2 is 1.21 bits per heavy atom. The van der Waals surface area contributed by atoms with Crippen molar-refractivity contribution in [2.45, 2.75) is 36.8 Å². The third kappa shape index (κ3) is 5.53. The van der Waals surface area contributed by atoms with Crippen LogP contribution in [0.1, 0.15) is 0 Å². The van der Waals surface area contributed by atoms with Crippen molar-refractivity contribution in [2.24, 2.45) is 0 Å². The standard InChI is InChI=1S/C7H2F12O4.Na.H/c8-1(3(9,10)2(20)21)22-5(13,14)4(11,12)6(15,16)23-7(17,18)19;;/h1H,(H,20,21);;. The molecule has 1 unspecified atom stereocenters. The van der Waals surface area contributed by atoms with Crippen LogP contribution in [0.5, 0.6) is 0 Å². The van der Waals surface area contributed by atoms with E-state index >= 15 is 0 Å². The number of rotatable bonds is 7.